The molecule has 0 radical (unpaired) electrons. The van der Waals surface area contributed by atoms with Gasteiger partial charge in [0.05, 0.1) is 58.1 Å². The summed E-state index contributed by atoms with van der Waals surface area (Å²) in [5.41, 5.74) is 3.00. The Kier molecular flexibility index (Phi) is 39.6. The summed E-state index contributed by atoms with van der Waals surface area (Å²) >= 11 is 2.38. The van der Waals surface area contributed by atoms with Gasteiger partial charge in [0.15, 0.2) is 47.4 Å². The van der Waals surface area contributed by atoms with E-state index in [1.165, 1.54) is 102 Å². The van der Waals surface area contributed by atoms with Crippen LogP contribution in [0.1, 0.15) is 83.2 Å². The molecule has 2 saturated carbocycles. The number of nitrogens with zero attached hydrogens (tertiary/aromatic N) is 4. The van der Waals surface area contributed by atoms with E-state index < -0.39 is 132 Å². The van der Waals surface area contributed by atoms with Crippen molar-refractivity contribution in [2.45, 2.75) is 75.8 Å². The molecule has 0 aliphatic heterocycles. The maximum atomic E-state index is 13.8. The molecule has 12 rings (SSSR count). The van der Waals surface area contributed by atoms with Gasteiger partial charge in [-0.2, -0.15) is 10.5 Å². The van der Waals surface area contributed by atoms with Crippen LogP contribution in [-0.4, -0.2) is 171 Å². The number of thiazole rings is 2. The number of carbonyl (C=O) groups excluding carboxylic acids is 14. The Morgan fingerprint density at radius 1 is 0.292 bits per heavy atom. The fourth-order valence-electron chi connectivity index (χ4n) is 13.7. The van der Waals surface area contributed by atoms with E-state index in [4.69, 9.17) is 95.2 Å². The van der Waals surface area contributed by atoms with Crippen molar-refractivity contribution in [3.63, 3.8) is 0 Å². The lowest BCUT2D eigenvalue weighted by Crippen LogP contribution is -2.30. The largest absolute Gasteiger partial charge is 0.490 e. The Bertz CT molecular complexity index is 6210. The number of rotatable bonds is 46. The zero-order valence-electron chi connectivity index (χ0n) is 77.0. The minimum absolute atomic E-state index is 0.0602. The minimum Gasteiger partial charge on any atom is -0.490 e. The molecule has 36 nitrogen and oxygen atoms in total. The van der Waals surface area contributed by atoms with Crippen molar-refractivity contribution in [1.82, 2.24) is 9.97 Å². The monoisotopic (exact) mass is 2000 g/mol. The Morgan fingerprint density at radius 3 is 0.806 bits per heavy atom. The molecule has 0 spiro atoms. The van der Waals surface area contributed by atoms with Crippen molar-refractivity contribution >= 4 is 127 Å². The number of hydrogen-bond acceptors (Lipinski definition) is 38. The summed E-state index contributed by atoms with van der Waals surface area (Å²) in [4.78, 5) is 183. The fraction of sp³-hybridized carbons (Fsp3) is 0.226. The summed E-state index contributed by atoms with van der Waals surface area (Å²) in [6.07, 6.45) is 6.79. The maximum absolute atomic E-state index is 13.8. The molecule has 0 N–H and O–H groups in total. The molecule has 2 aromatic heterocycles. The van der Waals surface area contributed by atoms with Gasteiger partial charge in [-0.1, -0.05) is 76.9 Å². The molecule has 4 atom stereocenters. The standard InChI is InChI=1S/C60H56N2O18S.C46H36N2O14S/c1-5-50(63)73-34-46(75-52(65)7-3)32-71-42-21-25-44(26-22-42)77-57(67)38-13-17-40(18-14-38)59(69)79-48-29-30-49(55-54(48)62-56(81-55)37-11-9-36(31-61)10-12-37)80-60(70)41-19-15-39(16-20-41)58(68)78-45-27-23-43(24-28-45)72-33-47(76-53(66)8-4)35-74-51(64)6-2;1-5-38(49)57-26-34(59-40(51)7-3)24-55-32-17-13-30(14-18-32)45(53)61-36-21-22-37(43-42(36)48-44(63-43)29-11-9-28(23-47)10-12-29)62-46(54)31-15-19-33(20-16-31)56-25-35(60-41(52)8-4)27-58-39(50)6-2/h5-12,21-30,38-41,46-47H,1-4,13-20,32-35H2;5-22,34-35H,1-4,24-27H2. The Hall–Kier alpha value is -17.8. The quantitative estimate of drug-likeness (QED) is 0.0148. The highest BCUT2D eigenvalue weighted by Crippen LogP contribution is 2.45. The predicted octanol–water partition coefficient (Wildman–Crippen LogP) is 15.6. The smallest absolute Gasteiger partial charge is 0.343 e. The Balaban J connectivity index is 0.000000283. The fourth-order valence-corrected chi connectivity index (χ4v) is 15.8. The van der Waals surface area contributed by atoms with Crippen molar-refractivity contribution in [2.75, 3.05) is 52.9 Å². The second-order valence-corrected chi connectivity index (χ2v) is 33.1. The van der Waals surface area contributed by atoms with Crippen LogP contribution < -0.4 is 47.4 Å². The van der Waals surface area contributed by atoms with Gasteiger partial charge in [-0.05, 0) is 197 Å². The van der Waals surface area contributed by atoms with Crippen LogP contribution in [0, 0.1) is 46.3 Å². The van der Waals surface area contributed by atoms with E-state index in [-0.39, 0.29) is 110 Å². The first-order valence-corrected chi connectivity index (χ1v) is 45.8. The van der Waals surface area contributed by atoms with E-state index in [0.29, 0.717) is 116 Å². The van der Waals surface area contributed by atoms with Crippen LogP contribution in [0.25, 0.3) is 41.6 Å². The second kappa shape index (κ2) is 53.4. The zero-order valence-corrected chi connectivity index (χ0v) is 78.7. The van der Waals surface area contributed by atoms with E-state index in [1.807, 2.05) is 0 Å². The zero-order chi connectivity index (χ0) is 103. The number of esters is 14. The molecule has 2 aliphatic rings. The number of benzene rings is 8. The molecule has 144 heavy (non-hydrogen) atoms. The number of aromatic nitrogens is 2. The van der Waals surface area contributed by atoms with E-state index in [1.54, 1.807) is 78.9 Å². The predicted molar refractivity (Wildman–Crippen MR) is 516 cm³/mol. The van der Waals surface area contributed by atoms with Gasteiger partial charge in [0.1, 0.15) is 118 Å². The van der Waals surface area contributed by atoms with Gasteiger partial charge in [-0.25, -0.2) is 57.9 Å². The molecule has 0 saturated heterocycles. The summed E-state index contributed by atoms with van der Waals surface area (Å²) in [5.74, 6) is -8.84. The molecule has 740 valence electrons. The van der Waals surface area contributed by atoms with Gasteiger partial charge in [-0.15, -0.1) is 22.7 Å². The van der Waals surface area contributed by atoms with Gasteiger partial charge in [0.25, 0.3) is 0 Å². The van der Waals surface area contributed by atoms with Crippen molar-refractivity contribution in [3.05, 3.63) is 293 Å². The Labute approximate surface area is 831 Å². The van der Waals surface area contributed by atoms with E-state index in [0.717, 1.165) is 59.9 Å². The third kappa shape index (κ3) is 31.6. The van der Waals surface area contributed by atoms with Crippen LogP contribution in [0.3, 0.4) is 0 Å². The normalized spacial score (nSPS) is 14.6. The highest BCUT2D eigenvalue weighted by molar-refractivity contribution is 7.22. The van der Waals surface area contributed by atoms with Gasteiger partial charge in [0.2, 0.25) is 0 Å². The lowest BCUT2D eigenvalue weighted by Gasteiger charge is -2.26. The van der Waals surface area contributed by atoms with Crippen molar-refractivity contribution in [2.24, 2.45) is 23.7 Å². The first-order valence-electron chi connectivity index (χ1n) is 44.2. The summed E-state index contributed by atoms with van der Waals surface area (Å²) < 4.78 is 99.2. The van der Waals surface area contributed by atoms with Crippen LogP contribution in [-0.2, 0) is 95.4 Å². The molecule has 4 unspecified atom stereocenters. The molecule has 2 fully saturated rings. The first-order chi connectivity index (χ1) is 69.6. The first kappa shape index (κ1) is 107. The molecular formula is C106H92N4O32S2. The van der Waals surface area contributed by atoms with E-state index >= 15 is 0 Å². The van der Waals surface area contributed by atoms with E-state index in [9.17, 15) is 77.6 Å². The third-order valence-corrected chi connectivity index (χ3v) is 23.4. The summed E-state index contributed by atoms with van der Waals surface area (Å²) in [7, 11) is 0. The number of nitriles is 2. The van der Waals surface area contributed by atoms with Crippen LogP contribution in [0.5, 0.6) is 57.5 Å². The van der Waals surface area contributed by atoms with Crippen LogP contribution in [0.4, 0.5) is 0 Å². The molecule has 0 amide bonds. The average molecular weight is 2000 g/mol. The lowest BCUT2D eigenvalue weighted by atomic mass is 9.82. The third-order valence-electron chi connectivity index (χ3n) is 21.2. The van der Waals surface area contributed by atoms with Gasteiger partial charge < -0.3 is 85.3 Å². The molecule has 8 aromatic carbocycles. The highest BCUT2D eigenvalue weighted by atomic mass is 32.1. The van der Waals surface area contributed by atoms with Crippen LogP contribution in [0.15, 0.2) is 271 Å². The summed E-state index contributed by atoms with van der Waals surface area (Å²) in [6.45, 7) is 24.9. The number of fused-ring (bicyclic) bond motifs is 2. The summed E-state index contributed by atoms with van der Waals surface area (Å²) in [6, 6.07) is 47.7. The molecule has 2 heterocycles. The minimum atomic E-state index is -0.966. The van der Waals surface area contributed by atoms with Crippen LogP contribution in [0.2, 0.25) is 0 Å². The highest BCUT2D eigenvalue weighted by Gasteiger charge is 2.36. The van der Waals surface area contributed by atoms with Gasteiger partial charge in [-0.3, -0.25) is 19.2 Å². The molecular weight excluding hydrogens is 1910 g/mol. The van der Waals surface area contributed by atoms with E-state index in [2.05, 4.69) is 64.8 Å². The van der Waals surface area contributed by atoms with Crippen LogP contribution >= 0.6 is 22.7 Å². The molecule has 0 bridgehead atoms. The average Bonchev–Trinajstić information content (AvgIpc) is 1.65. The SMILES string of the molecule is C=CC(=O)OCC(COc1ccc(C(=O)Oc2ccc(OC(=O)c3ccc(OCC(COC(=O)C=C)OC(=O)C=C)cc3)c3sc(-c4ccc(C#N)cc4)nc23)cc1)OC(=O)C=C.C=CC(=O)OCC(COc1ccc(OC(=O)C2CCC(C(=O)Oc3ccc(OC(=O)C4CCC(C(=O)Oc5ccc(OCC(COC(=O)C=C)OC(=O)C=C)cc5)CC4)c4sc(-c5ccc(C#N)cc5)nc34)CC2)cc1)OC(=O)C=C. The molecule has 38 heteroatoms. The lowest BCUT2D eigenvalue weighted by molar-refractivity contribution is -0.154. The van der Waals surface area contributed by atoms with Crippen molar-refractivity contribution in [1.29, 1.82) is 10.5 Å². The van der Waals surface area contributed by atoms with Gasteiger partial charge >= 0.3 is 83.6 Å². The maximum Gasteiger partial charge on any atom is 0.343 e. The van der Waals surface area contributed by atoms with Crippen molar-refractivity contribution < 1.29 is 152 Å². The topological polar surface area (TPSA) is 478 Å². The second-order valence-electron chi connectivity index (χ2n) is 31.1. The number of carbonyl (C=O) groups is 14. The molecule has 2 aliphatic carbocycles. The summed E-state index contributed by atoms with van der Waals surface area (Å²) in [5, 5.41) is 19.7. The number of ether oxygens (including phenoxy) is 18. The molecule has 10 aromatic rings. The number of hydrogen-bond donors (Lipinski definition) is 0. The van der Waals surface area contributed by atoms with Crippen molar-refractivity contribution in [3.8, 4) is 90.8 Å². The van der Waals surface area contributed by atoms with Gasteiger partial charge in [0, 0.05) is 59.7 Å². The Morgan fingerprint density at radius 2 is 0.528 bits per heavy atom.